The lowest BCUT2D eigenvalue weighted by atomic mass is 9.96. The van der Waals surface area contributed by atoms with E-state index in [4.69, 9.17) is 0 Å². The maximum Gasteiger partial charge on any atom is 0.230 e. The van der Waals surface area contributed by atoms with Crippen molar-refractivity contribution in [3.63, 3.8) is 0 Å². The second-order valence-corrected chi connectivity index (χ2v) is 5.30. The highest BCUT2D eigenvalue weighted by molar-refractivity contribution is 7.81. The summed E-state index contributed by atoms with van der Waals surface area (Å²) in [7, 11) is 0. The molecule has 1 aromatic carbocycles. The van der Waals surface area contributed by atoms with Crippen LogP contribution in [0.15, 0.2) is 30.3 Å². The summed E-state index contributed by atoms with van der Waals surface area (Å²) >= 11 is 4.28. The number of rotatable bonds is 4. The molecule has 0 fully saturated rings. The normalized spacial score (nSPS) is 13.5. The Labute approximate surface area is 95.1 Å². The van der Waals surface area contributed by atoms with E-state index < -0.39 is 10.8 Å². The molecular formula is C11H15NO2S. The van der Waals surface area contributed by atoms with Crippen LogP contribution in [0.2, 0.25) is 0 Å². The van der Waals surface area contributed by atoms with Crippen LogP contribution in [0.1, 0.15) is 19.4 Å². The van der Waals surface area contributed by atoms with Gasteiger partial charge in [-0.15, -0.1) is 0 Å². The monoisotopic (exact) mass is 225 g/mol. The predicted molar refractivity (Wildman–Crippen MR) is 64.0 cm³/mol. The molecule has 0 aliphatic rings. The van der Waals surface area contributed by atoms with Gasteiger partial charge in [-0.3, -0.25) is 10.1 Å². The fourth-order valence-electron chi connectivity index (χ4n) is 1.42. The van der Waals surface area contributed by atoms with Crippen LogP contribution in [-0.4, -0.2) is 15.7 Å². The fraction of sp³-hybridized carbons (Fsp3) is 0.455. The summed E-state index contributed by atoms with van der Waals surface area (Å²) in [5.74, 6) is 0. The van der Waals surface area contributed by atoms with E-state index in [0.29, 0.717) is 6.42 Å². The lowest BCUT2D eigenvalue weighted by Gasteiger charge is -2.22. The van der Waals surface area contributed by atoms with E-state index in [0.717, 1.165) is 5.56 Å². The maximum absolute atomic E-state index is 10.9. The van der Waals surface area contributed by atoms with Gasteiger partial charge in [-0.2, -0.15) is 12.6 Å². The summed E-state index contributed by atoms with van der Waals surface area (Å²) < 4.78 is -0.612. The minimum atomic E-state index is -0.664. The van der Waals surface area contributed by atoms with Crippen molar-refractivity contribution in [2.24, 2.45) is 0 Å². The molecule has 0 spiro atoms. The van der Waals surface area contributed by atoms with Crippen molar-refractivity contribution < 1.29 is 4.92 Å². The summed E-state index contributed by atoms with van der Waals surface area (Å²) in [6.45, 7) is 3.54. The molecule has 0 heterocycles. The molecule has 0 radical (unpaired) electrons. The van der Waals surface area contributed by atoms with Crippen molar-refractivity contribution in [1.29, 1.82) is 0 Å². The molecule has 1 atom stereocenters. The molecule has 0 aliphatic heterocycles. The number of nitrogens with zero attached hydrogens (tertiary/aromatic N) is 1. The molecule has 82 valence electrons. The van der Waals surface area contributed by atoms with Gasteiger partial charge in [0, 0.05) is 11.3 Å². The molecule has 1 aromatic rings. The van der Waals surface area contributed by atoms with Gasteiger partial charge in [0.25, 0.3) is 0 Å². The Balaban J connectivity index is 2.82. The van der Waals surface area contributed by atoms with E-state index >= 15 is 0 Å². The number of hydrogen-bond acceptors (Lipinski definition) is 3. The number of hydrogen-bond donors (Lipinski definition) is 1. The first kappa shape index (κ1) is 12.0. The first-order chi connectivity index (χ1) is 6.91. The van der Waals surface area contributed by atoms with E-state index in [2.05, 4.69) is 12.6 Å². The van der Waals surface area contributed by atoms with Crippen molar-refractivity contribution in [3.8, 4) is 0 Å². The van der Waals surface area contributed by atoms with Gasteiger partial charge >= 0.3 is 0 Å². The van der Waals surface area contributed by atoms with E-state index in [1.165, 1.54) is 0 Å². The molecule has 0 saturated carbocycles. The lowest BCUT2D eigenvalue weighted by molar-refractivity contribution is -0.526. The zero-order chi connectivity index (χ0) is 11.5. The summed E-state index contributed by atoms with van der Waals surface area (Å²) in [5, 5.41) is 10.9. The summed E-state index contributed by atoms with van der Waals surface area (Å²) in [6, 6.07) is 8.81. The molecule has 0 N–H and O–H groups in total. The smallest absolute Gasteiger partial charge is 0.230 e. The van der Waals surface area contributed by atoms with Crippen molar-refractivity contribution in [2.45, 2.75) is 31.1 Å². The summed E-state index contributed by atoms with van der Waals surface area (Å²) in [6.07, 6.45) is 0.421. The summed E-state index contributed by atoms with van der Waals surface area (Å²) in [4.78, 5) is 10.7. The Hall–Kier alpha value is -1.03. The average molecular weight is 225 g/mol. The van der Waals surface area contributed by atoms with Crippen LogP contribution in [0.3, 0.4) is 0 Å². The third kappa shape index (κ3) is 3.55. The van der Waals surface area contributed by atoms with Crippen molar-refractivity contribution in [3.05, 3.63) is 46.0 Å². The zero-order valence-electron chi connectivity index (χ0n) is 8.88. The minimum absolute atomic E-state index is 0.250. The van der Waals surface area contributed by atoms with Gasteiger partial charge in [0.1, 0.15) is 0 Å². The van der Waals surface area contributed by atoms with Gasteiger partial charge in [0.15, 0.2) is 0 Å². The molecule has 0 bridgehead atoms. The Kier molecular flexibility index (Phi) is 3.74. The van der Waals surface area contributed by atoms with Gasteiger partial charge in [-0.05, 0) is 19.4 Å². The molecule has 15 heavy (non-hydrogen) atoms. The van der Waals surface area contributed by atoms with Crippen LogP contribution in [-0.2, 0) is 6.42 Å². The average Bonchev–Trinajstić information content (AvgIpc) is 2.13. The van der Waals surface area contributed by atoms with Gasteiger partial charge in [0.05, 0.1) is 4.75 Å². The first-order valence-electron chi connectivity index (χ1n) is 4.81. The molecule has 3 nitrogen and oxygen atoms in total. The van der Waals surface area contributed by atoms with Gasteiger partial charge in [-0.25, -0.2) is 0 Å². The Morgan fingerprint density at radius 1 is 1.40 bits per heavy atom. The third-order valence-corrected chi connectivity index (χ3v) is 2.64. The second kappa shape index (κ2) is 4.66. The van der Waals surface area contributed by atoms with E-state index in [1.54, 1.807) is 13.8 Å². The second-order valence-electron chi connectivity index (χ2n) is 4.14. The first-order valence-corrected chi connectivity index (χ1v) is 5.26. The Morgan fingerprint density at radius 2 is 1.93 bits per heavy atom. The van der Waals surface area contributed by atoms with Gasteiger partial charge in [0.2, 0.25) is 6.04 Å². The Bertz CT molecular complexity index is 332. The maximum atomic E-state index is 10.9. The molecule has 0 aromatic heterocycles. The van der Waals surface area contributed by atoms with Crippen molar-refractivity contribution >= 4 is 12.6 Å². The largest absolute Gasteiger partial charge is 0.264 e. The van der Waals surface area contributed by atoms with Crippen LogP contribution in [0.4, 0.5) is 0 Å². The number of benzene rings is 1. The van der Waals surface area contributed by atoms with E-state index in [9.17, 15) is 10.1 Å². The highest BCUT2D eigenvalue weighted by Crippen LogP contribution is 2.23. The SMILES string of the molecule is CC(C)(S)C(Cc1ccccc1)[N+](=O)[O-]. The Morgan fingerprint density at radius 3 is 2.33 bits per heavy atom. The highest BCUT2D eigenvalue weighted by Gasteiger charge is 2.35. The quantitative estimate of drug-likeness (QED) is 0.486. The number of thiol groups is 1. The highest BCUT2D eigenvalue weighted by atomic mass is 32.1. The van der Waals surface area contributed by atoms with Crippen molar-refractivity contribution in [1.82, 2.24) is 0 Å². The standard InChI is InChI=1S/C11H15NO2S/c1-11(2,15)10(12(13)14)8-9-6-4-3-5-7-9/h3-7,10,15H,8H2,1-2H3. The van der Waals surface area contributed by atoms with Gasteiger partial charge in [-0.1, -0.05) is 30.3 Å². The van der Waals surface area contributed by atoms with Gasteiger partial charge < -0.3 is 0 Å². The van der Waals surface area contributed by atoms with Crippen molar-refractivity contribution in [2.75, 3.05) is 0 Å². The lowest BCUT2D eigenvalue weighted by Crippen LogP contribution is -2.39. The van der Waals surface area contributed by atoms with Crippen LogP contribution in [0.5, 0.6) is 0 Å². The number of nitro groups is 1. The van der Waals surface area contributed by atoms with Crippen LogP contribution < -0.4 is 0 Å². The molecule has 0 aliphatic carbocycles. The van der Waals surface area contributed by atoms with Crippen LogP contribution >= 0.6 is 12.6 Å². The zero-order valence-corrected chi connectivity index (χ0v) is 9.78. The molecule has 4 heteroatoms. The van der Waals surface area contributed by atoms with E-state index in [-0.39, 0.29) is 4.92 Å². The fourth-order valence-corrected chi connectivity index (χ4v) is 1.61. The molecular weight excluding hydrogens is 210 g/mol. The molecule has 0 saturated heterocycles. The predicted octanol–water partition coefficient (Wildman–Crippen LogP) is 2.58. The summed E-state index contributed by atoms with van der Waals surface area (Å²) in [5.41, 5.74) is 0.973. The minimum Gasteiger partial charge on any atom is -0.264 e. The van der Waals surface area contributed by atoms with Crippen LogP contribution in [0.25, 0.3) is 0 Å². The third-order valence-electron chi connectivity index (χ3n) is 2.34. The molecule has 0 amide bonds. The van der Waals surface area contributed by atoms with Crippen LogP contribution in [0, 0.1) is 10.1 Å². The van der Waals surface area contributed by atoms with E-state index in [1.807, 2.05) is 30.3 Å². The topological polar surface area (TPSA) is 43.1 Å². The molecule has 1 rings (SSSR count). The molecule has 1 unspecified atom stereocenters.